The molecule has 0 unspecified atom stereocenters. The largest absolute Gasteiger partial charge is 0.365 e. The normalized spacial score (nSPS) is 10.5. The van der Waals surface area contributed by atoms with Crippen molar-refractivity contribution >= 4 is 40.8 Å². The van der Waals surface area contributed by atoms with Gasteiger partial charge in [-0.1, -0.05) is 41.6 Å². The minimum atomic E-state index is -0.388. The minimum absolute atomic E-state index is 0.155. The van der Waals surface area contributed by atoms with Gasteiger partial charge in [0.05, 0.1) is 5.75 Å². The summed E-state index contributed by atoms with van der Waals surface area (Å²) in [5.74, 6) is 0.174. The van der Waals surface area contributed by atoms with Gasteiger partial charge in [-0.2, -0.15) is 0 Å². The summed E-state index contributed by atoms with van der Waals surface area (Å²) in [5, 5.41) is 15.4. The second-order valence-corrected chi connectivity index (χ2v) is 7.46. The molecule has 0 spiro atoms. The van der Waals surface area contributed by atoms with Gasteiger partial charge in [-0.3, -0.25) is 4.79 Å². The maximum Gasteiger partial charge on any atom is 0.234 e. The van der Waals surface area contributed by atoms with Crippen LogP contribution in [0, 0.1) is 12.7 Å². The van der Waals surface area contributed by atoms with Crippen LogP contribution in [0.5, 0.6) is 0 Å². The number of benzene rings is 2. The molecule has 0 aliphatic heterocycles. The lowest BCUT2D eigenvalue weighted by atomic mass is 10.2. The first kappa shape index (κ1) is 20.1. The Morgan fingerprint density at radius 1 is 1.11 bits per heavy atom. The van der Waals surface area contributed by atoms with Gasteiger partial charge in [-0.15, -0.1) is 10.2 Å². The molecule has 1 aromatic heterocycles. The molecule has 1 heterocycles. The van der Waals surface area contributed by atoms with Gasteiger partial charge in [-0.25, -0.2) is 4.39 Å². The molecule has 1 amide bonds. The zero-order valence-electron chi connectivity index (χ0n) is 15.1. The Bertz CT molecular complexity index is 951. The number of aromatic nitrogens is 2. The highest BCUT2D eigenvalue weighted by Crippen LogP contribution is 2.19. The molecule has 28 heavy (non-hydrogen) atoms. The molecule has 0 saturated heterocycles. The van der Waals surface area contributed by atoms with Crippen LogP contribution in [-0.2, 0) is 11.3 Å². The third kappa shape index (κ3) is 5.94. The summed E-state index contributed by atoms with van der Waals surface area (Å²) in [5.41, 5.74) is 2.35. The second kappa shape index (κ2) is 9.52. The molecular formula is C20H18ClFN4OS. The van der Waals surface area contributed by atoms with E-state index >= 15 is 0 Å². The van der Waals surface area contributed by atoms with Gasteiger partial charge in [0.2, 0.25) is 5.91 Å². The van der Waals surface area contributed by atoms with Crippen molar-refractivity contribution in [3.63, 3.8) is 0 Å². The number of carbonyl (C=O) groups is 1. The lowest BCUT2D eigenvalue weighted by Gasteiger charge is -2.08. The molecule has 0 radical (unpaired) electrons. The molecular weight excluding hydrogens is 399 g/mol. The molecule has 5 nitrogen and oxygen atoms in total. The van der Waals surface area contributed by atoms with E-state index in [0.717, 1.165) is 11.1 Å². The number of hydrogen-bond acceptors (Lipinski definition) is 5. The van der Waals surface area contributed by atoms with E-state index in [1.165, 1.54) is 23.9 Å². The van der Waals surface area contributed by atoms with Crippen LogP contribution < -0.4 is 10.6 Å². The van der Waals surface area contributed by atoms with Crippen molar-refractivity contribution in [2.75, 3.05) is 16.4 Å². The van der Waals surface area contributed by atoms with Crippen LogP contribution >= 0.6 is 23.4 Å². The van der Waals surface area contributed by atoms with Crippen LogP contribution in [0.3, 0.4) is 0 Å². The van der Waals surface area contributed by atoms with Gasteiger partial charge < -0.3 is 10.6 Å². The predicted molar refractivity (Wildman–Crippen MR) is 111 cm³/mol. The highest BCUT2D eigenvalue weighted by molar-refractivity contribution is 7.99. The molecule has 2 N–H and O–H groups in total. The van der Waals surface area contributed by atoms with Gasteiger partial charge in [-0.05, 0) is 54.4 Å². The molecule has 3 aromatic rings. The number of hydrogen-bond donors (Lipinski definition) is 2. The van der Waals surface area contributed by atoms with Crippen LogP contribution in [0.15, 0.2) is 59.6 Å². The van der Waals surface area contributed by atoms with Gasteiger partial charge >= 0.3 is 0 Å². The monoisotopic (exact) mass is 416 g/mol. The number of amides is 1. The summed E-state index contributed by atoms with van der Waals surface area (Å²) in [7, 11) is 0. The van der Waals surface area contributed by atoms with E-state index in [4.69, 9.17) is 11.6 Å². The van der Waals surface area contributed by atoms with E-state index < -0.39 is 0 Å². The van der Waals surface area contributed by atoms with E-state index in [9.17, 15) is 9.18 Å². The topological polar surface area (TPSA) is 66.9 Å². The lowest BCUT2D eigenvalue weighted by molar-refractivity contribution is -0.113. The van der Waals surface area contributed by atoms with Crippen LogP contribution in [-0.4, -0.2) is 21.9 Å². The summed E-state index contributed by atoms with van der Waals surface area (Å²) in [6.07, 6.45) is 0. The summed E-state index contributed by atoms with van der Waals surface area (Å²) in [4.78, 5) is 12.1. The number of aryl methyl sites for hydroxylation is 1. The van der Waals surface area contributed by atoms with Crippen molar-refractivity contribution in [3.05, 3.63) is 76.6 Å². The average molecular weight is 417 g/mol. The SMILES string of the molecule is Cc1ccc(F)cc1NC(=O)CSc1ccc(NCc2ccc(Cl)cc2)nn1. The fraction of sp³-hybridized carbons (Fsp3) is 0.150. The Morgan fingerprint density at radius 3 is 2.61 bits per heavy atom. The Kier molecular flexibility index (Phi) is 6.84. The van der Waals surface area contributed by atoms with E-state index in [2.05, 4.69) is 20.8 Å². The van der Waals surface area contributed by atoms with Gasteiger partial charge in [0, 0.05) is 17.3 Å². The van der Waals surface area contributed by atoms with Crippen molar-refractivity contribution < 1.29 is 9.18 Å². The van der Waals surface area contributed by atoms with Gasteiger partial charge in [0.25, 0.3) is 0 Å². The molecule has 0 saturated carbocycles. The summed E-state index contributed by atoms with van der Waals surface area (Å²) >= 11 is 7.13. The zero-order chi connectivity index (χ0) is 19.9. The van der Waals surface area contributed by atoms with Crippen LogP contribution in [0.1, 0.15) is 11.1 Å². The minimum Gasteiger partial charge on any atom is -0.365 e. The molecule has 144 valence electrons. The average Bonchev–Trinajstić information content (AvgIpc) is 2.69. The van der Waals surface area contributed by atoms with Gasteiger partial charge in [0.15, 0.2) is 0 Å². The summed E-state index contributed by atoms with van der Waals surface area (Å²) in [6, 6.07) is 15.4. The fourth-order valence-corrected chi connectivity index (χ4v) is 3.08. The molecule has 0 atom stereocenters. The molecule has 0 aliphatic carbocycles. The van der Waals surface area contributed by atoms with Crippen molar-refractivity contribution in [2.45, 2.75) is 18.5 Å². The third-order valence-corrected chi connectivity index (χ3v) is 5.02. The fourth-order valence-electron chi connectivity index (χ4n) is 2.34. The third-order valence-electron chi connectivity index (χ3n) is 3.85. The second-order valence-electron chi connectivity index (χ2n) is 6.03. The van der Waals surface area contributed by atoms with Crippen molar-refractivity contribution in [1.29, 1.82) is 0 Å². The lowest BCUT2D eigenvalue weighted by Crippen LogP contribution is -2.15. The molecule has 0 bridgehead atoms. The number of rotatable bonds is 7. The highest BCUT2D eigenvalue weighted by Gasteiger charge is 2.08. The molecule has 3 rings (SSSR count). The standard InChI is InChI=1S/C20H18ClFN4OS/c1-13-2-7-16(22)10-17(13)24-19(27)12-28-20-9-8-18(25-26-20)23-11-14-3-5-15(21)6-4-14/h2-10H,11-12H2,1H3,(H,23,25)(H,24,27). The number of halogens is 2. The Hall–Kier alpha value is -2.64. The Balaban J connectivity index is 1.48. The molecule has 8 heteroatoms. The number of carbonyl (C=O) groups excluding carboxylic acids is 1. The number of nitrogens with zero attached hydrogens (tertiary/aromatic N) is 2. The predicted octanol–water partition coefficient (Wildman–Crippen LogP) is 4.92. The van der Waals surface area contributed by atoms with Crippen LogP contribution in [0.25, 0.3) is 0 Å². The van der Waals surface area contributed by atoms with E-state index in [0.29, 0.717) is 28.1 Å². The highest BCUT2D eigenvalue weighted by atomic mass is 35.5. The maximum absolute atomic E-state index is 13.3. The Morgan fingerprint density at radius 2 is 1.89 bits per heavy atom. The molecule has 0 fully saturated rings. The van der Waals surface area contributed by atoms with Crippen LogP contribution in [0.2, 0.25) is 5.02 Å². The Labute approximate surface area is 171 Å². The zero-order valence-corrected chi connectivity index (χ0v) is 16.6. The van der Waals surface area contributed by atoms with Crippen molar-refractivity contribution in [2.24, 2.45) is 0 Å². The number of anilines is 2. The van der Waals surface area contributed by atoms with Crippen molar-refractivity contribution in [1.82, 2.24) is 10.2 Å². The van der Waals surface area contributed by atoms with E-state index in [1.807, 2.05) is 31.2 Å². The summed E-state index contributed by atoms with van der Waals surface area (Å²) < 4.78 is 13.3. The first-order valence-electron chi connectivity index (χ1n) is 8.50. The quantitative estimate of drug-likeness (QED) is 0.535. The molecule has 0 aliphatic rings. The number of thioether (sulfide) groups is 1. The first-order chi connectivity index (χ1) is 13.5. The smallest absolute Gasteiger partial charge is 0.234 e. The maximum atomic E-state index is 13.3. The van der Waals surface area contributed by atoms with E-state index in [1.54, 1.807) is 18.2 Å². The molecule has 2 aromatic carbocycles. The van der Waals surface area contributed by atoms with Gasteiger partial charge in [0.1, 0.15) is 16.7 Å². The van der Waals surface area contributed by atoms with Crippen molar-refractivity contribution in [3.8, 4) is 0 Å². The van der Waals surface area contributed by atoms with Crippen LogP contribution in [0.4, 0.5) is 15.9 Å². The van der Waals surface area contributed by atoms with E-state index in [-0.39, 0.29) is 17.5 Å². The number of nitrogens with one attached hydrogen (secondary N) is 2. The summed E-state index contributed by atoms with van der Waals surface area (Å²) in [6.45, 7) is 2.41. The first-order valence-corrected chi connectivity index (χ1v) is 9.87.